The molecular formula is C22H25N5O. The van der Waals surface area contributed by atoms with Crippen LogP contribution in [-0.4, -0.2) is 40.0 Å². The number of para-hydroxylation sites is 1. The van der Waals surface area contributed by atoms with Crippen LogP contribution in [0.5, 0.6) is 0 Å². The molecule has 1 N–H and O–H groups in total. The standard InChI is InChI=1S/C22H25N5O/c1-15(2)20-14-18(17-6-3-4-7-19(17)26-20)21(28)25-16-8-12-27(13-9-16)22-23-10-5-11-24-22/h3-7,10-11,14-16H,8-9,12-13H2,1-2H3,(H,25,28). The average molecular weight is 375 g/mol. The lowest BCUT2D eigenvalue weighted by Gasteiger charge is -2.32. The van der Waals surface area contributed by atoms with Crippen LogP contribution in [0, 0.1) is 0 Å². The van der Waals surface area contributed by atoms with Crippen LogP contribution >= 0.6 is 0 Å². The first-order chi connectivity index (χ1) is 13.6. The second-order valence-corrected chi connectivity index (χ2v) is 7.55. The first-order valence-electron chi connectivity index (χ1n) is 9.84. The molecule has 0 aliphatic carbocycles. The molecule has 1 aliphatic rings. The molecule has 2 aromatic heterocycles. The number of hydrogen-bond donors (Lipinski definition) is 1. The van der Waals surface area contributed by atoms with Gasteiger partial charge in [0, 0.05) is 42.6 Å². The minimum absolute atomic E-state index is 0.0186. The molecule has 144 valence electrons. The van der Waals surface area contributed by atoms with Crippen LogP contribution in [0.4, 0.5) is 5.95 Å². The fourth-order valence-corrected chi connectivity index (χ4v) is 3.62. The summed E-state index contributed by atoms with van der Waals surface area (Å²) in [4.78, 5) is 28.6. The number of carbonyl (C=O) groups is 1. The van der Waals surface area contributed by atoms with Gasteiger partial charge in [-0.15, -0.1) is 0 Å². The molecule has 1 aliphatic heterocycles. The minimum atomic E-state index is -0.0186. The summed E-state index contributed by atoms with van der Waals surface area (Å²) < 4.78 is 0. The van der Waals surface area contributed by atoms with Crippen LogP contribution < -0.4 is 10.2 Å². The van der Waals surface area contributed by atoms with E-state index in [9.17, 15) is 4.79 Å². The summed E-state index contributed by atoms with van der Waals surface area (Å²) in [5.41, 5.74) is 2.53. The molecule has 1 saturated heterocycles. The molecule has 1 amide bonds. The fourth-order valence-electron chi connectivity index (χ4n) is 3.62. The lowest BCUT2D eigenvalue weighted by atomic mass is 10.0. The number of piperidine rings is 1. The number of pyridine rings is 1. The van der Waals surface area contributed by atoms with Gasteiger partial charge < -0.3 is 10.2 Å². The third-order valence-electron chi connectivity index (χ3n) is 5.24. The Hall–Kier alpha value is -3.02. The highest BCUT2D eigenvalue weighted by Gasteiger charge is 2.23. The van der Waals surface area contributed by atoms with Crippen molar-refractivity contribution in [3.05, 3.63) is 60.0 Å². The van der Waals surface area contributed by atoms with E-state index in [4.69, 9.17) is 4.98 Å². The Kier molecular flexibility index (Phi) is 5.19. The third kappa shape index (κ3) is 3.81. The second-order valence-electron chi connectivity index (χ2n) is 7.55. The van der Waals surface area contributed by atoms with Crippen LogP contribution in [0.1, 0.15) is 48.7 Å². The number of carbonyl (C=O) groups excluding carboxylic acids is 1. The fraction of sp³-hybridized carbons (Fsp3) is 0.364. The Balaban J connectivity index is 1.49. The average Bonchev–Trinajstić information content (AvgIpc) is 2.74. The molecule has 3 aromatic rings. The summed E-state index contributed by atoms with van der Waals surface area (Å²) in [6, 6.07) is 11.8. The number of rotatable bonds is 4. The van der Waals surface area contributed by atoms with Crippen molar-refractivity contribution in [2.45, 2.75) is 38.6 Å². The third-order valence-corrected chi connectivity index (χ3v) is 5.24. The first kappa shape index (κ1) is 18.3. The number of nitrogens with one attached hydrogen (secondary N) is 1. The predicted octanol–water partition coefficient (Wildman–Crippen LogP) is 3.55. The number of amides is 1. The number of aromatic nitrogens is 3. The molecule has 1 fully saturated rings. The van der Waals surface area contributed by atoms with Crippen LogP contribution in [0.2, 0.25) is 0 Å². The molecule has 0 radical (unpaired) electrons. The Bertz CT molecular complexity index is 965. The predicted molar refractivity (Wildman–Crippen MR) is 111 cm³/mol. The van der Waals surface area contributed by atoms with Crippen molar-refractivity contribution in [1.82, 2.24) is 20.3 Å². The SMILES string of the molecule is CC(C)c1cc(C(=O)NC2CCN(c3ncccn3)CC2)c2ccccc2n1. The highest BCUT2D eigenvalue weighted by molar-refractivity contribution is 6.06. The van der Waals surface area contributed by atoms with Crippen molar-refractivity contribution in [2.75, 3.05) is 18.0 Å². The molecular weight excluding hydrogens is 350 g/mol. The zero-order valence-electron chi connectivity index (χ0n) is 16.3. The van der Waals surface area contributed by atoms with E-state index < -0.39 is 0 Å². The number of benzene rings is 1. The van der Waals surface area contributed by atoms with Crippen LogP contribution in [0.25, 0.3) is 10.9 Å². The summed E-state index contributed by atoms with van der Waals surface area (Å²) in [7, 11) is 0. The largest absolute Gasteiger partial charge is 0.349 e. The Morgan fingerprint density at radius 3 is 2.54 bits per heavy atom. The van der Waals surface area contributed by atoms with Gasteiger partial charge in [0.15, 0.2) is 0 Å². The van der Waals surface area contributed by atoms with Crippen molar-refractivity contribution in [3.63, 3.8) is 0 Å². The molecule has 3 heterocycles. The molecule has 6 nitrogen and oxygen atoms in total. The smallest absolute Gasteiger partial charge is 0.252 e. The second kappa shape index (κ2) is 7.92. The van der Waals surface area contributed by atoms with Gasteiger partial charge in [-0.1, -0.05) is 32.0 Å². The maximum atomic E-state index is 13.1. The first-order valence-corrected chi connectivity index (χ1v) is 9.84. The zero-order valence-corrected chi connectivity index (χ0v) is 16.3. The molecule has 1 aromatic carbocycles. The maximum Gasteiger partial charge on any atom is 0.252 e. The van der Waals surface area contributed by atoms with Gasteiger partial charge >= 0.3 is 0 Å². The molecule has 28 heavy (non-hydrogen) atoms. The highest BCUT2D eigenvalue weighted by Crippen LogP contribution is 2.23. The summed E-state index contributed by atoms with van der Waals surface area (Å²) in [6.45, 7) is 5.87. The van der Waals surface area contributed by atoms with E-state index in [0.717, 1.165) is 48.5 Å². The number of fused-ring (bicyclic) bond motifs is 1. The Morgan fingerprint density at radius 1 is 1.11 bits per heavy atom. The van der Waals surface area contributed by atoms with E-state index >= 15 is 0 Å². The zero-order chi connectivity index (χ0) is 19.5. The lowest BCUT2D eigenvalue weighted by molar-refractivity contribution is 0.0932. The maximum absolute atomic E-state index is 13.1. The summed E-state index contributed by atoms with van der Waals surface area (Å²) in [5.74, 6) is 1.01. The molecule has 0 atom stereocenters. The lowest BCUT2D eigenvalue weighted by Crippen LogP contribution is -2.45. The van der Waals surface area contributed by atoms with Crippen molar-refractivity contribution in [2.24, 2.45) is 0 Å². The highest BCUT2D eigenvalue weighted by atomic mass is 16.1. The summed E-state index contributed by atoms with van der Waals surface area (Å²) in [5, 5.41) is 4.13. The summed E-state index contributed by atoms with van der Waals surface area (Å²) in [6.07, 6.45) is 5.28. The van der Waals surface area contributed by atoms with Crippen LogP contribution in [0.15, 0.2) is 48.8 Å². The van der Waals surface area contributed by atoms with Crippen molar-refractivity contribution >= 4 is 22.8 Å². The number of anilines is 1. The molecule has 0 spiro atoms. The van der Waals surface area contributed by atoms with E-state index in [0.29, 0.717) is 5.56 Å². The quantitative estimate of drug-likeness (QED) is 0.755. The molecule has 0 bridgehead atoms. The normalized spacial score (nSPS) is 15.2. The van der Waals surface area contributed by atoms with E-state index in [1.807, 2.05) is 36.4 Å². The molecule has 0 unspecified atom stereocenters. The van der Waals surface area contributed by atoms with Crippen molar-refractivity contribution in [3.8, 4) is 0 Å². The van der Waals surface area contributed by atoms with Gasteiger partial charge in [-0.2, -0.15) is 0 Å². The number of hydrogen-bond acceptors (Lipinski definition) is 5. The van der Waals surface area contributed by atoms with Crippen molar-refractivity contribution in [1.29, 1.82) is 0 Å². The van der Waals surface area contributed by atoms with Crippen LogP contribution in [-0.2, 0) is 0 Å². The number of nitrogens with zero attached hydrogens (tertiary/aromatic N) is 4. The molecule has 4 rings (SSSR count). The Labute approximate surface area is 165 Å². The minimum Gasteiger partial charge on any atom is -0.349 e. The van der Waals surface area contributed by atoms with Crippen molar-refractivity contribution < 1.29 is 4.79 Å². The van der Waals surface area contributed by atoms with Gasteiger partial charge in [0.05, 0.1) is 11.1 Å². The Morgan fingerprint density at radius 2 is 1.82 bits per heavy atom. The van der Waals surface area contributed by atoms with Gasteiger partial charge in [-0.3, -0.25) is 9.78 Å². The van der Waals surface area contributed by atoms with Crippen LogP contribution in [0.3, 0.4) is 0 Å². The van der Waals surface area contributed by atoms with Gasteiger partial charge in [0.2, 0.25) is 5.95 Å². The van der Waals surface area contributed by atoms with Gasteiger partial charge in [-0.25, -0.2) is 9.97 Å². The van der Waals surface area contributed by atoms with E-state index in [2.05, 4.69) is 34.0 Å². The molecule has 6 heteroatoms. The van der Waals surface area contributed by atoms with Gasteiger partial charge in [0.1, 0.15) is 0 Å². The summed E-state index contributed by atoms with van der Waals surface area (Å²) >= 11 is 0. The van der Waals surface area contributed by atoms with E-state index in [1.165, 1.54) is 0 Å². The topological polar surface area (TPSA) is 71.0 Å². The van der Waals surface area contributed by atoms with Gasteiger partial charge in [0.25, 0.3) is 5.91 Å². The molecule has 0 saturated carbocycles. The van der Waals surface area contributed by atoms with Gasteiger partial charge in [-0.05, 0) is 37.0 Å². The monoisotopic (exact) mass is 375 g/mol. The van der Waals surface area contributed by atoms with E-state index in [1.54, 1.807) is 12.4 Å². The van der Waals surface area contributed by atoms with E-state index in [-0.39, 0.29) is 17.9 Å².